The maximum absolute atomic E-state index is 12.9. The Labute approximate surface area is 686 Å². The van der Waals surface area contributed by atoms with Crippen LogP contribution in [0.1, 0.15) is 279 Å². The normalized spacial score (nSPS) is 15.9. The molecule has 5 aromatic rings. The number of halogens is 11. The lowest BCUT2D eigenvalue weighted by Crippen LogP contribution is -2.45. The summed E-state index contributed by atoms with van der Waals surface area (Å²) in [6, 6.07) is 37.0. The minimum atomic E-state index is -4.82. The number of esters is 2. The standard InChI is InChI=1S/C22H32ClF3O4.C20H28ClF3O3.C16H23ClO3.C14H19ClO2.C13H19ClO3S/c1-6-18(27)11-16(15-7-9-17(23)10-8-15)13-20(3,4)19(28)30-14(2)12-21(5,29)22(24,25)26;1-6-14(15-7-9-16(21)10-8-15)12-18(3,4)17(25)27-13(2)11-19(5,26)20(22,23)24;1-4-14(18)9-12(10-16(2,3)15(19)20)11-5-7-13(17)8-6-11;1-4-10(9-14(2,3)13(16)17)11-5-7-12(15)8-6-11;1-4-10(9-13(2,3)18(15,16)17)11-5-7-12(14)8-6-11/h7-10,14,16,18,27,29H,6,11-13H2,1-5H3;7-10,13-14,26H,6,11-12H2,1-5H3;5-8,12,14,18H,4,9-10H2,1-3H3,(H,19,20);5-8,10H,4,9H2,1-3H3,(H,16,17);5-8,10H,4,9H2,1-3H3,(H,15,16,17). The van der Waals surface area contributed by atoms with Crippen molar-refractivity contribution in [2.24, 2.45) is 21.7 Å². The van der Waals surface area contributed by atoms with E-state index in [1.807, 2.05) is 100 Å². The van der Waals surface area contributed by atoms with Crippen molar-refractivity contribution in [3.8, 4) is 0 Å². The number of carbonyl (C=O) groups excluding carboxylic acids is 2. The summed E-state index contributed by atoms with van der Waals surface area (Å²) in [5.41, 5.74) is -4.12. The minimum absolute atomic E-state index is 0.00770. The van der Waals surface area contributed by atoms with Gasteiger partial charge < -0.3 is 40.1 Å². The second-order valence-corrected chi connectivity index (χ2v) is 37.1. The van der Waals surface area contributed by atoms with Crippen molar-refractivity contribution in [3.63, 3.8) is 0 Å². The Balaban J connectivity index is 0.000000712. The summed E-state index contributed by atoms with van der Waals surface area (Å²) in [7, 11) is -4.05. The molecule has 0 bridgehead atoms. The highest BCUT2D eigenvalue weighted by Gasteiger charge is 2.52. The molecule has 0 heterocycles. The molecular weight excluding hydrogens is 1580 g/mol. The number of ether oxygens (including phenoxy) is 2. The van der Waals surface area contributed by atoms with Crippen molar-refractivity contribution in [1.82, 2.24) is 0 Å². The lowest BCUT2D eigenvalue weighted by Gasteiger charge is -2.32. The number of carboxylic acid groups (broad SMARTS) is 2. The van der Waals surface area contributed by atoms with E-state index in [4.69, 9.17) is 72.6 Å². The molecular formula is C85H121Cl5F6O15S. The van der Waals surface area contributed by atoms with E-state index in [0.29, 0.717) is 96.7 Å². The molecule has 11 unspecified atom stereocenters. The summed E-state index contributed by atoms with van der Waals surface area (Å²) >= 11 is 29.4. The van der Waals surface area contributed by atoms with Gasteiger partial charge in [0.25, 0.3) is 10.1 Å². The van der Waals surface area contributed by atoms with Crippen LogP contribution in [-0.2, 0) is 38.8 Å². The summed E-state index contributed by atoms with van der Waals surface area (Å²) in [6.45, 7) is 30.7. The first-order chi connectivity index (χ1) is 51.1. The van der Waals surface area contributed by atoms with Crippen LogP contribution in [0, 0.1) is 21.7 Å². The van der Waals surface area contributed by atoms with Crippen LogP contribution in [0.5, 0.6) is 0 Å². The molecule has 0 fully saturated rings. The van der Waals surface area contributed by atoms with Crippen molar-refractivity contribution in [3.05, 3.63) is 174 Å². The molecule has 5 aromatic carbocycles. The van der Waals surface area contributed by atoms with Crippen molar-refractivity contribution >= 4 is 92.0 Å². The lowest BCUT2D eigenvalue weighted by molar-refractivity contribution is -0.261. The van der Waals surface area contributed by atoms with Gasteiger partial charge in [-0.1, -0.05) is 153 Å². The van der Waals surface area contributed by atoms with Gasteiger partial charge in [-0.25, -0.2) is 0 Å². The maximum Gasteiger partial charge on any atom is 0.417 e. The lowest BCUT2D eigenvalue weighted by atomic mass is 9.77. The predicted molar refractivity (Wildman–Crippen MR) is 436 cm³/mol. The topological polar surface area (TPSA) is 262 Å². The average molecular weight is 1710 g/mol. The van der Waals surface area contributed by atoms with Crippen molar-refractivity contribution < 1.29 is 98.6 Å². The van der Waals surface area contributed by atoms with Crippen molar-refractivity contribution in [1.29, 1.82) is 0 Å². The highest BCUT2D eigenvalue weighted by atomic mass is 35.5. The monoisotopic (exact) mass is 1700 g/mol. The molecule has 0 saturated carbocycles. The number of alkyl halides is 6. The third-order valence-electron chi connectivity index (χ3n) is 20.2. The SMILES string of the molecule is CCC(CC(C)(C)C(=O)O)c1ccc(Cl)cc1.CCC(CC(C)(C)C(=O)OC(C)CC(C)(O)C(F)(F)F)c1ccc(Cl)cc1.CCC(CC(C)(C)S(=O)(=O)O)c1ccc(Cl)cc1.CCC(O)CC(CC(C)(C)C(=O)O)c1ccc(Cl)cc1.CCC(O)CC(CC(C)(C)C(=O)OC(C)CC(C)(O)C(F)(F)F)c1ccc(Cl)cc1. The third kappa shape index (κ3) is 36.1. The van der Waals surface area contributed by atoms with E-state index in [1.165, 1.54) is 13.8 Å². The van der Waals surface area contributed by atoms with Crippen LogP contribution in [0.15, 0.2) is 121 Å². The predicted octanol–water partition coefficient (Wildman–Crippen LogP) is 23.8. The molecule has 0 radical (unpaired) electrons. The molecule has 0 aliphatic rings. The molecule has 0 saturated heterocycles. The van der Waals surface area contributed by atoms with Gasteiger partial charge in [0.15, 0.2) is 11.2 Å². The van der Waals surface area contributed by atoms with Crippen LogP contribution in [0.3, 0.4) is 0 Å². The Kier molecular flexibility index (Phi) is 42.5. The van der Waals surface area contributed by atoms with Crippen LogP contribution in [0.4, 0.5) is 26.3 Å². The van der Waals surface area contributed by atoms with Crippen molar-refractivity contribution in [2.45, 2.75) is 304 Å². The summed E-state index contributed by atoms with van der Waals surface area (Å²) < 4.78 is 118. The summed E-state index contributed by atoms with van der Waals surface area (Å²) in [5.74, 6) is -2.54. The quantitative estimate of drug-likeness (QED) is 0.0113. The van der Waals surface area contributed by atoms with Crippen molar-refractivity contribution in [2.75, 3.05) is 0 Å². The van der Waals surface area contributed by atoms with E-state index >= 15 is 0 Å². The smallest absolute Gasteiger partial charge is 0.417 e. The molecule has 112 heavy (non-hydrogen) atoms. The molecule has 0 spiro atoms. The second-order valence-electron chi connectivity index (χ2n) is 32.8. The Morgan fingerprint density at radius 2 is 0.571 bits per heavy atom. The highest BCUT2D eigenvalue weighted by Crippen LogP contribution is 2.43. The van der Waals surface area contributed by atoms with Gasteiger partial charge in [0.05, 0.1) is 38.6 Å². The largest absolute Gasteiger partial charge is 0.481 e. The molecule has 11 atom stereocenters. The number of benzene rings is 5. The van der Waals surface area contributed by atoms with Crippen LogP contribution in [0.2, 0.25) is 25.1 Å². The fraction of sp³-hybridized carbons (Fsp3) is 0.600. The van der Waals surface area contributed by atoms with Gasteiger partial charge in [-0.05, 0) is 292 Å². The van der Waals surface area contributed by atoms with Gasteiger partial charge in [0.1, 0.15) is 12.2 Å². The molecule has 634 valence electrons. The average Bonchev–Trinajstić information content (AvgIpc) is 0.822. The van der Waals surface area contributed by atoms with E-state index in [1.54, 1.807) is 118 Å². The first kappa shape index (κ1) is 105. The van der Waals surface area contributed by atoms with E-state index in [9.17, 15) is 84.0 Å². The molecule has 0 aliphatic heterocycles. The zero-order valence-corrected chi connectivity index (χ0v) is 72.7. The fourth-order valence-corrected chi connectivity index (χ4v) is 13.5. The number of aliphatic carboxylic acids is 2. The number of hydrogen-bond donors (Lipinski definition) is 7. The Hall–Kier alpha value is -5.24. The molecule has 5 rings (SSSR count). The Morgan fingerprint density at radius 3 is 0.777 bits per heavy atom. The van der Waals surface area contributed by atoms with E-state index in [0.717, 1.165) is 47.1 Å². The first-order valence-corrected chi connectivity index (χ1v) is 41.0. The fourth-order valence-electron chi connectivity index (χ4n) is 12.5. The van der Waals surface area contributed by atoms with Gasteiger partial charge in [-0.15, -0.1) is 0 Å². The summed E-state index contributed by atoms with van der Waals surface area (Å²) in [5, 5.41) is 60.9. The number of aliphatic hydroxyl groups is 4. The molecule has 0 aliphatic carbocycles. The van der Waals surface area contributed by atoms with Crippen LogP contribution >= 0.6 is 58.0 Å². The zero-order chi connectivity index (χ0) is 86.7. The number of hydrogen-bond acceptors (Lipinski definition) is 12. The highest BCUT2D eigenvalue weighted by molar-refractivity contribution is 7.87. The molecule has 7 N–H and O–H groups in total. The number of rotatable bonds is 35. The van der Waals surface area contributed by atoms with Gasteiger partial charge >= 0.3 is 36.2 Å². The molecule has 0 amide bonds. The minimum Gasteiger partial charge on any atom is -0.481 e. The van der Waals surface area contributed by atoms with Crippen LogP contribution in [0.25, 0.3) is 0 Å². The Morgan fingerprint density at radius 1 is 0.366 bits per heavy atom. The molecule has 0 aromatic heterocycles. The van der Waals surface area contributed by atoms with E-state index < -0.39 is 121 Å². The molecule has 27 heteroatoms. The second kappa shape index (κ2) is 45.5. The van der Waals surface area contributed by atoms with Gasteiger partial charge in [0.2, 0.25) is 0 Å². The number of carbonyl (C=O) groups is 4. The number of aliphatic hydroxyl groups excluding tert-OH is 2. The maximum atomic E-state index is 12.9. The van der Waals surface area contributed by atoms with Gasteiger partial charge in [-0.2, -0.15) is 34.8 Å². The summed E-state index contributed by atoms with van der Waals surface area (Å²) in [6.07, 6.45) is -7.20. The zero-order valence-electron chi connectivity index (χ0n) is 68.1. The Bertz CT molecular complexity index is 3760. The van der Waals surface area contributed by atoms with Gasteiger partial charge in [-0.3, -0.25) is 23.7 Å². The van der Waals surface area contributed by atoms with E-state index in [-0.39, 0.29) is 29.6 Å². The van der Waals surface area contributed by atoms with E-state index in [2.05, 4.69) is 6.92 Å². The van der Waals surface area contributed by atoms with Crippen LogP contribution in [-0.4, -0.2) is 120 Å². The third-order valence-corrected chi connectivity index (χ3v) is 23.0. The first-order valence-electron chi connectivity index (χ1n) is 37.7. The van der Waals surface area contributed by atoms with Gasteiger partial charge in [0, 0.05) is 38.0 Å². The summed E-state index contributed by atoms with van der Waals surface area (Å²) in [4.78, 5) is 47.7. The number of carboxylic acids is 2. The molecule has 15 nitrogen and oxygen atoms in total. The van der Waals surface area contributed by atoms with Crippen LogP contribution < -0.4 is 0 Å².